The molecule has 19 heavy (non-hydrogen) atoms. The highest BCUT2D eigenvalue weighted by Gasteiger charge is 2.26. The van der Waals surface area contributed by atoms with Crippen molar-refractivity contribution in [3.63, 3.8) is 0 Å². The maximum Gasteiger partial charge on any atom is 0.0438 e. The lowest BCUT2D eigenvalue weighted by molar-refractivity contribution is 0.214. The summed E-state index contributed by atoms with van der Waals surface area (Å²) in [6, 6.07) is 8.18. The third kappa shape index (κ3) is 5.97. The second-order valence-corrected chi connectivity index (χ2v) is 7.90. The van der Waals surface area contributed by atoms with Crippen molar-refractivity contribution in [1.29, 1.82) is 0 Å². The molecule has 1 atom stereocenters. The molecule has 1 aromatic carbocycles. The van der Waals surface area contributed by atoms with Gasteiger partial charge in [-0.15, -0.1) is 0 Å². The summed E-state index contributed by atoms with van der Waals surface area (Å²) >= 11 is 6.29. The van der Waals surface area contributed by atoms with Crippen LogP contribution < -0.4 is 5.32 Å². The van der Waals surface area contributed by atoms with Crippen molar-refractivity contribution in [1.82, 2.24) is 5.32 Å². The molecule has 0 saturated carbocycles. The summed E-state index contributed by atoms with van der Waals surface area (Å²) in [7, 11) is 0. The molecule has 1 nitrogen and oxygen atoms in total. The molecule has 0 aromatic heterocycles. The van der Waals surface area contributed by atoms with Crippen LogP contribution in [0.15, 0.2) is 24.3 Å². The van der Waals surface area contributed by atoms with Gasteiger partial charge in [-0.05, 0) is 56.7 Å². The van der Waals surface area contributed by atoms with Gasteiger partial charge in [0.25, 0.3) is 0 Å². The third-order valence-corrected chi connectivity index (χ3v) is 3.90. The van der Waals surface area contributed by atoms with Crippen molar-refractivity contribution in [2.24, 2.45) is 11.3 Å². The molecule has 0 aliphatic carbocycles. The number of hydrogen-bond acceptors (Lipinski definition) is 1. The Kier molecular flexibility index (Phi) is 5.46. The standard InChI is InChI=1S/C17H28ClN/c1-16(2,3)14(12-19-17(4,5)6)11-13-9-7-8-10-15(13)18/h7-10,14,19H,11-12H2,1-6H3. The molecule has 0 aliphatic heterocycles. The lowest BCUT2D eigenvalue weighted by atomic mass is 9.77. The minimum Gasteiger partial charge on any atom is -0.312 e. The zero-order valence-corrected chi connectivity index (χ0v) is 13.9. The van der Waals surface area contributed by atoms with Crippen molar-refractivity contribution in [3.05, 3.63) is 34.9 Å². The van der Waals surface area contributed by atoms with Crippen LogP contribution in [0, 0.1) is 11.3 Å². The van der Waals surface area contributed by atoms with Crippen LogP contribution in [0.25, 0.3) is 0 Å². The average molecular weight is 282 g/mol. The quantitative estimate of drug-likeness (QED) is 0.825. The van der Waals surface area contributed by atoms with Gasteiger partial charge in [0.05, 0.1) is 0 Å². The van der Waals surface area contributed by atoms with E-state index >= 15 is 0 Å². The average Bonchev–Trinajstić information content (AvgIpc) is 2.23. The van der Waals surface area contributed by atoms with Gasteiger partial charge in [0.15, 0.2) is 0 Å². The van der Waals surface area contributed by atoms with E-state index in [2.05, 4.69) is 59.0 Å². The molecule has 1 aromatic rings. The SMILES string of the molecule is CC(C)(C)NCC(Cc1ccccc1Cl)C(C)(C)C. The molecule has 1 unspecified atom stereocenters. The van der Waals surface area contributed by atoms with E-state index in [-0.39, 0.29) is 11.0 Å². The number of nitrogens with one attached hydrogen (secondary N) is 1. The van der Waals surface area contributed by atoms with Gasteiger partial charge >= 0.3 is 0 Å². The summed E-state index contributed by atoms with van der Waals surface area (Å²) < 4.78 is 0. The fourth-order valence-electron chi connectivity index (χ4n) is 2.04. The molecule has 0 fully saturated rings. The van der Waals surface area contributed by atoms with Crippen molar-refractivity contribution in [2.45, 2.75) is 53.5 Å². The molecular formula is C17H28ClN. The first-order valence-corrected chi connectivity index (χ1v) is 7.46. The van der Waals surface area contributed by atoms with Crippen LogP contribution in [0.1, 0.15) is 47.1 Å². The first-order chi connectivity index (χ1) is 8.59. The third-order valence-electron chi connectivity index (χ3n) is 3.53. The molecule has 0 amide bonds. The van der Waals surface area contributed by atoms with E-state index in [1.807, 2.05) is 12.1 Å². The second-order valence-electron chi connectivity index (χ2n) is 7.49. The summed E-state index contributed by atoms with van der Waals surface area (Å²) in [5.41, 5.74) is 1.67. The van der Waals surface area contributed by atoms with Crippen LogP contribution >= 0.6 is 11.6 Å². The van der Waals surface area contributed by atoms with Crippen molar-refractivity contribution < 1.29 is 0 Å². The van der Waals surface area contributed by atoms with Gasteiger partial charge in [0.2, 0.25) is 0 Å². The van der Waals surface area contributed by atoms with Crippen molar-refractivity contribution >= 4 is 11.6 Å². The molecule has 0 spiro atoms. The highest BCUT2D eigenvalue weighted by atomic mass is 35.5. The summed E-state index contributed by atoms with van der Waals surface area (Å²) in [6.45, 7) is 14.6. The van der Waals surface area contributed by atoms with E-state index in [4.69, 9.17) is 11.6 Å². The Morgan fingerprint density at radius 2 is 1.63 bits per heavy atom. The molecular weight excluding hydrogens is 254 g/mol. The number of hydrogen-bond donors (Lipinski definition) is 1. The summed E-state index contributed by atoms with van der Waals surface area (Å²) in [5, 5.41) is 4.51. The van der Waals surface area contributed by atoms with Gasteiger partial charge < -0.3 is 5.32 Å². The zero-order chi connectivity index (χ0) is 14.7. The molecule has 108 valence electrons. The van der Waals surface area contributed by atoms with E-state index in [1.54, 1.807) is 0 Å². The fraction of sp³-hybridized carbons (Fsp3) is 0.647. The minimum absolute atomic E-state index is 0.157. The Morgan fingerprint density at radius 3 is 2.11 bits per heavy atom. The van der Waals surface area contributed by atoms with Crippen LogP contribution in [0.2, 0.25) is 5.02 Å². The molecule has 0 heterocycles. The monoisotopic (exact) mass is 281 g/mol. The fourth-order valence-corrected chi connectivity index (χ4v) is 2.26. The molecule has 0 saturated heterocycles. The van der Waals surface area contributed by atoms with Gasteiger partial charge in [-0.1, -0.05) is 50.6 Å². The predicted octanol–water partition coefficient (Wildman–Crippen LogP) is 4.93. The number of rotatable bonds is 4. The molecule has 0 aliphatic rings. The summed E-state index contributed by atoms with van der Waals surface area (Å²) in [5.74, 6) is 0.562. The lowest BCUT2D eigenvalue weighted by Gasteiger charge is -2.34. The molecule has 0 bridgehead atoms. The summed E-state index contributed by atoms with van der Waals surface area (Å²) in [4.78, 5) is 0. The highest BCUT2D eigenvalue weighted by Crippen LogP contribution is 2.31. The van der Waals surface area contributed by atoms with Crippen LogP contribution in [0.5, 0.6) is 0 Å². The van der Waals surface area contributed by atoms with Crippen LogP contribution in [-0.2, 0) is 6.42 Å². The van der Waals surface area contributed by atoms with Crippen molar-refractivity contribution in [3.8, 4) is 0 Å². The highest BCUT2D eigenvalue weighted by molar-refractivity contribution is 6.31. The zero-order valence-electron chi connectivity index (χ0n) is 13.2. The topological polar surface area (TPSA) is 12.0 Å². The number of halogens is 1. The van der Waals surface area contributed by atoms with Crippen LogP contribution in [0.4, 0.5) is 0 Å². The molecule has 0 radical (unpaired) electrons. The molecule has 1 rings (SSSR count). The van der Waals surface area contributed by atoms with E-state index < -0.39 is 0 Å². The first-order valence-electron chi connectivity index (χ1n) is 7.08. The Balaban J connectivity index is 2.79. The van der Waals surface area contributed by atoms with Gasteiger partial charge in [-0.2, -0.15) is 0 Å². The van der Waals surface area contributed by atoms with E-state index in [0.29, 0.717) is 5.92 Å². The molecule has 1 N–H and O–H groups in total. The Morgan fingerprint density at radius 1 is 1.05 bits per heavy atom. The van der Waals surface area contributed by atoms with Gasteiger partial charge in [-0.25, -0.2) is 0 Å². The second kappa shape index (κ2) is 6.28. The lowest BCUT2D eigenvalue weighted by Crippen LogP contribution is -2.42. The van der Waals surface area contributed by atoms with E-state index in [9.17, 15) is 0 Å². The van der Waals surface area contributed by atoms with E-state index in [0.717, 1.165) is 18.0 Å². The van der Waals surface area contributed by atoms with Gasteiger partial charge in [-0.3, -0.25) is 0 Å². The van der Waals surface area contributed by atoms with Crippen LogP contribution in [0.3, 0.4) is 0 Å². The Labute approximate surface area is 123 Å². The Hall–Kier alpha value is -0.530. The predicted molar refractivity (Wildman–Crippen MR) is 85.9 cm³/mol. The van der Waals surface area contributed by atoms with Gasteiger partial charge in [0.1, 0.15) is 0 Å². The largest absolute Gasteiger partial charge is 0.312 e. The minimum atomic E-state index is 0.157. The van der Waals surface area contributed by atoms with Gasteiger partial charge in [0, 0.05) is 10.6 Å². The maximum absolute atomic E-state index is 6.29. The maximum atomic E-state index is 6.29. The van der Waals surface area contributed by atoms with Crippen LogP contribution in [-0.4, -0.2) is 12.1 Å². The van der Waals surface area contributed by atoms with Crippen molar-refractivity contribution in [2.75, 3.05) is 6.54 Å². The number of benzene rings is 1. The summed E-state index contributed by atoms with van der Waals surface area (Å²) in [6.07, 6.45) is 1.02. The Bertz CT molecular complexity index is 398. The smallest absolute Gasteiger partial charge is 0.0438 e. The normalized spacial score (nSPS) is 14.5. The van der Waals surface area contributed by atoms with E-state index in [1.165, 1.54) is 5.56 Å². The molecule has 2 heteroatoms. The first kappa shape index (κ1) is 16.5.